The second-order valence-corrected chi connectivity index (χ2v) is 8.06. The van der Waals surface area contributed by atoms with Gasteiger partial charge in [-0.05, 0) is 32.9 Å². The first-order chi connectivity index (χ1) is 12.7. The second kappa shape index (κ2) is 7.40. The van der Waals surface area contributed by atoms with Gasteiger partial charge in [0.15, 0.2) is 0 Å². The van der Waals surface area contributed by atoms with E-state index in [1.807, 2.05) is 37.8 Å². The number of halogens is 1. The molecule has 1 aliphatic heterocycles. The normalized spacial score (nSPS) is 17.1. The Morgan fingerprint density at radius 2 is 1.89 bits per heavy atom. The summed E-state index contributed by atoms with van der Waals surface area (Å²) in [7, 11) is 0. The Labute approximate surface area is 162 Å². The van der Waals surface area contributed by atoms with Crippen LogP contribution >= 0.6 is 11.6 Å². The molecule has 1 aromatic carbocycles. The Morgan fingerprint density at radius 1 is 1.22 bits per heavy atom. The number of piperazine rings is 1. The molecular formula is C19H24ClN3O4. The van der Waals surface area contributed by atoms with Crippen LogP contribution < -0.4 is 0 Å². The highest BCUT2D eigenvalue weighted by Gasteiger charge is 2.34. The average molecular weight is 394 g/mol. The first-order valence-electron chi connectivity index (χ1n) is 8.87. The first-order valence-corrected chi connectivity index (χ1v) is 9.25. The van der Waals surface area contributed by atoms with Crippen molar-refractivity contribution in [3.63, 3.8) is 0 Å². The Morgan fingerprint density at radius 3 is 2.48 bits per heavy atom. The maximum atomic E-state index is 12.2. The number of aromatic nitrogens is 1. The molecule has 0 aliphatic carbocycles. The molecule has 2 aromatic rings. The summed E-state index contributed by atoms with van der Waals surface area (Å²) in [6.07, 6.45) is 1.33. The fourth-order valence-corrected chi connectivity index (χ4v) is 3.64. The SMILES string of the molecule is CC(C)(C)OC(=O)N1CCN(C(C(=O)O)c2c[nH]c3cccc(Cl)c23)CC1. The Kier molecular flexibility index (Phi) is 5.35. The zero-order chi connectivity index (χ0) is 19.8. The van der Waals surface area contributed by atoms with Crippen LogP contribution in [0.1, 0.15) is 32.4 Å². The highest BCUT2D eigenvalue weighted by atomic mass is 35.5. The minimum absolute atomic E-state index is 0.371. The number of H-pyrrole nitrogens is 1. The fraction of sp³-hybridized carbons (Fsp3) is 0.474. The maximum Gasteiger partial charge on any atom is 0.410 e. The summed E-state index contributed by atoms with van der Waals surface area (Å²) in [5, 5.41) is 11.1. The summed E-state index contributed by atoms with van der Waals surface area (Å²) >= 11 is 6.32. The molecule has 0 saturated carbocycles. The number of nitrogens with zero attached hydrogens (tertiary/aromatic N) is 2. The van der Waals surface area contributed by atoms with Crippen LogP contribution in [0.5, 0.6) is 0 Å². The van der Waals surface area contributed by atoms with Gasteiger partial charge < -0.3 is 19.7 Å². The van der Waals surface area contributed by atoms with Gasteiger partial charge in [-0.2, -0.15) is 0 Å². The molecule has 1 unspecified atom stereocenters. The van der Waals surface area contributed by atoms with E-state index in [0.29, 0.717) is 36.8 Å². The number of carboxylic acids is 1. The molecule has 3 rings (SSSR count). The van der Waals surface area contributed by atoms with Gasteiger partial charge in [-0.25, -0.2) is 4.79 Å². The Hall–Kier alpha value is -2.25. The number of fused-ring (bicyclic) bond motifs is 1. The van der Waals surface area contributed by atoms with Crippen molar-refractivity contribution in [2.45, 2.75) is 32.4 Å². The van der Waals surface area contributed by atoms with E-state index in [1.54, 1.807) is 17.2 Å². The average Bonchev–Trinajstić information content (AvgIpc) is 2.99. The standard InChI is InChI=1S/C19H24ClN3O4/c1-19(2,3)27-18(26)23-9-7-22(8-10-23)16(17(24)25)12-11-21-14-6-4-5-13(20)15(12)14/h4-6,11,16,21H,7-10H2,1-3H3,(H,24,25). The minimum atomic E-state index is -0.943. The van der Waals surface area contributed by atoms with Gasteiger partial charge in [0.2, 0.25) is 0 Å². The van der Waals surface area contributed by atoms with E-state index in [0.717, 1.165) is 10.9 Å². The number of aliphatic carboxylic acids is 1. The number of hydrogen-bond acceptors (Lipinski definition) is 4. The summed E-state index contributed by atoms with van der Waals surface area (Å²) in [5.74, 6) is -0.943. The lowest BCUT2D eigenvalue weighted by molar-refractivity contribution is -0.144. The molecule has 2 N–H and O–H groups in total. The Bertz CT molecular complexity index is 850. The van der Waals surface area contributed by atoms with Crippen LogP contribution in [0.4, 0.5) is 4.79 Å². The molecule has 1 saturated heterocycles. The third-order valence-electron chi connectivity index (χ3n) is 4.55. The first kappa shape index (κ1) is 19.5. The van der Waals surface area contributed by atoms with Crippen LogP contribution in [0, 0.1) is 0 Å². The van der Waals surface area contributed by atoms with Crippen molar-refractivity contribution in [2.24, 2.45) is 0 Å². The quantitative estimate of drug-likeness (QED) is 0.833. The summed E-state index contributed by atoms with van der Waals surface area (Å²) in [6.45, 7) is 7.16. The summed E-state index contributed by atoms with van der Waals surface area (Å²) < 4.78 is 5.40. The van der Waals surface area contributed by atoms with Crippen molar-refractivity contribution in [1.82, 2.24) is 14.8 Å². The predicted octanol–water partition coefficient (Wildman–Crippen LogP) is 3.50. The highest BCUT2D eigenvalue weighted by molar-refractivity contribution is 6.35. The molecule has 1 aromatic heterocycles. The van der Waals surface area contributed by atoms with E-state index in [-0.39, 0.29) is 6.09 Å². The molecule has 1 aliphatic rings. The van der Waals surface area contributed by atoms with E-state index in [9.17, 15) is 14.7 Å². The smallest absolute Gasteiger partial charge is 0.410 e. The number of rotatable bonds is 3. The van der Waals surface area contributed by atoms with Crippen LogP contribution in [-0.2, 0) is 9.53 Å². The number of benzene rings is 1. The number of hydrogen-bond donors (Lipinski definition) is 2. The maximum absolute atomic E-state index is 12.2. The van der Waals surface area contributed by atoms with Crippen LogP contribution in [0.2, 0.25) is 5.02 Å². The van der Waals surface area contributed by atoms with Crippen molar-refractivity contribution in [2.75, 3.05) is 26.2 Å². The monoisotopic (exact) mass is 393 g/mol. The second-order valence-electron chi connectivity index (χ2n) is 7.65. The van der Waals surface area contributed by atoms with Gasteiger partial charge in [0, 0.05) is 48.8 Å². The number of ether oxygens (including phenoxy) is 1. The third kappa shape index (κ3) is 4.20. The summed E-state index contributed by atoms with van der Waals surface area (Å²) in [4.78, 5) is 30.8. The fourth-order valence-electron chi connectivity index (χ4n) is 3.36. The van der Waals surface area contributed by atoms with E-state index in [2.05, 4.69) is 4.98 Å². The number of amides is 1. The molecule has 1 fully saturated rings. The molecule has 8 heteroatoms. The number of carboxylic acid groups (broad SMARTS) is 1. The van der Waals surface area contributed by atoms with Crippen molar-refractivity contribution in [3.8, 4) is 0 Å². The predicted molar refractivity (Wildman–Crippen MR) is 103 cm³/mol. The summed E-state index contributed by atoms with van der Waals surface area (Å²) in [6, 6.07) is 4.60. The lowest BCUT2D eigenvalue weighted by atomic mass is 10.0. The van der Waals surface area contributed by atoms with Crippen LogP contribution in [-0.4, -0.2) is 63.7 Å². The lowest BCUT2D eigenvalue weighted by Gasteiger charge is -2.38. The van der Waals surface area contributed by atoms with E-state index >= 15 is 0 Å². The van der Waals surface area contributed by atoms with Gasteiger partial charge in [0.05, 0.1) is 5.02 Å². The molecule has 7 nitrogen and oxygen atoms in total. The lowest BCUT2D eigenvalue weighted by Crippen LogP contribution is -2.51. The highest BCUT2D eigenvalue weighted by Crippen LogP contribution is 2.34. The number of carbonyl (C=O) groups excluding carboxylic acids is 1. The topological polar surface area (TPSA) is 85.9 Å². The largest absolute Gasteiger partial charge is 0.480 e. The van der Waals surface area contributed by atoms with Crippen molar-refractivity contribution >= 4 is 34.6 Å². The van der Waals surface area contributed by atoms with Gasteiger partial charge in [-0.3, -0.25) is 9.69 Å². The van der Waals surface area contributed by atoms with Crippen molar-refractivity contribution in [3.05, 3.63) is 35.0 Å². The molecule has 1 atom stereocenters. The Balaban J connectivity index is 1.78. The molecular weight excluding hydrogens is 370 g/mol. The molecule has 146 valence electrons. The number of carbonyl (C=O) groups is 2. The van der Waals surface area contributed by atoms with Gasteiger partial charge >= 0.3 is 12.1 Å². The van der Waals surface area contributed by atoms with Gasteiger partial charge in [0.1, 0.15) is 11.6 Å². The van der Waals surface area contributed by atoms with E-state index < -0.39 is 17.6 Å². The van der Waals surface area contributed by atoms with Crippen molar-refractivity contribution < 1.29 is 19.4 Å². The van der Waals surface area contributed by atoms with Gasteiger partial charge in [-0.15, -0.1) is 0 Å². The van der Waals surface area contributed by atoms with Crippen LogP contribution in [0.25, 0.3) is 10.9 Å². The summed E-state index contributed by atoms with van der Waals surface area (Å²) in [5.41, 5.74) is 0.878. The molecule has 1 amide bonds. The molecule has 27 heavy (non-hydrogen) atoms. The van der Waals surface area contributed by atoms with E-state index in [4.69, 9.17) is 16.3 Å². The van der Waals surface area contributed by atoms with Crippen molar-refractivity contribution in [1.29, 1.82) is 0 Å². The zero-order valence-electron chi connectivity index (χ0n) is 15.7. The van der Waals surface area contributed by atoms with Crippen LogP contribution in [0.3, 0.4) is 0 Å². The molecule has 2 heterocycles. The third-order valence-corrected chi connectivity index (χ3v) is 4.86. The van der Waals surface area contributed by atoms with E-state index in [1.165, 1.54) is 0 Å². The van der Waals surface area contributed by atoms with Gasteiger partial charge in [0.25, 0.3) is 0 Å². The molecule has 0 radical (unpaired) electrons. The molecule has 0 bridgehead atoms. The van der Waals surface area contributed by atoms with Crippen LogP contribution in [0.15, 0.2) is 24.4 Å². The number of aromatic amines is 1. The van der Waals surface area contributed by atoms with Gasteiger partial charge in [-0.1, -0.05) is 17.7 Å². The zero-order valence-corrected chi connectivity index (χ0v) is 16.4. The number of nitrogens with one attached hydrogen (secondary N) is 1. The minimum Gasteiger partial charge on any atom is -0.480 e. The molecule has 0 spiro atoms.